The van der Waals surface area contributed by atoms with Gasteiger partial charge in [-0.1, -0.05) is 30.3 Å². The summed E-state index contributed by atoms with van der Waals surface area (Å²) in [5.74, 6) is 0.322. The van der Waals surface area contributed by atoms with Gasteiger partial charge in [-0.3, -0.25) is 4.90 Å². The van der Waals surface area contributed by atoms with Crippen LogP contribution in [0.5, 0.6) is 0 Å². The molecule has 1 aliphatic rings. The van der Waals surface area contributed by atoms with Crippen LogP contribution in [0.4, 0.5) is 4.39 Å². The summed E-state index contributed by atoms with van der Waals surface area (Å²) < 4.78 is 16.6. The van der Waals surface area contributed by atoms with Crippen LogP contribution in [-0.4, -0.2) is 47.6 Å². The standard InChI is InChI=1S/C23H28FN3/c1-16-8-7-10-21(24)18(16)13-27-14-20(23(15-27)25(2)3)19-12-26(4)22-11-6-5-9-17(19)22/h5-12,20,23H,13-15H2,1-4H3/t20-,23+/m1/s1. The van der Waals surface area contributed by atoms with Gasteiger partial charge in [0.1, 0.15) is 5.82 Å². The lowest BCUT2D eigenvalue weighted by molar-refractivity contribution is 0.258. The monoisotopic (exact) mass is 365 g/mol. The molecule has 3 aromatic rings. The van der Waals surface area contributed by atoms with Gasteiger partial charge in [0.15, 0.2) is 0 Å². The summed E-state index contributed by atoms with van der Waals surface area (Å²) in [5, 5.41) is 1.33. The quantitative estimate of drug-likeness (QED) is 0.688. The molecule has 0 bridgehead atoms. The molecule has 4 heteroatoms. The maximum atomic E-state index is 14.4. The number of likely N-dealkylation sites (tertiary alicyclic amines) is 1. The van der Waals surface area contributed by atoms with Gasteiger partial charge in [-0.2, -0.15) is 0 Å². The Morgan fingerprint density at radius 2 is 1.85 bits per heavy atom. The van der Waals surface area contributed by atoms with Crippen LogP contribution in [0.15, 0.2) is 48.7 Å². The number of benzene rings is 2. The van der Waals surface area contributed by atoms with E-state index in [4.69, 9.17) is 0 Å². The van der Waals surface area contributed by atoms with E-state index in [9.17, 15) is 4.39 Å². The molecule has 0 radical (unpaired) electrons. The Bertz CT molecular complexity index is 939. The van der Waals surface area contributed by atoms with E-state index < -0.39 is 0 Å². The summed E-state index contributed by atoms with van der Waals surface area (Å²) in [6, 6.07) is 14.4. The first-order chi connectivity index (χ1) is 13.0. The minimum absolute atomic E-state index is 0.0926. The third kappa shape index (κ3) is 3.28. The molecule has 0 amide bonds. The number of hydrogen-bond acceptors (Lipinski definition) is 2. The predicted molar refractivity (Wildman–Crippen MR) is 110 cm³/mol. The molecular weight excluding hydrogens is 337 g/mol. The minimum atomic E-state index is -0.0926. The van der Waals surface area contributed by atoms with Crippen LogP contribution in [0.2, 0.25) is 0 Å². The molecular formula is C23H28FN3. The number of likely N-dealkylation sites (N-methyl/N-ethyl adjacent to an activating group) is 1. The van der Waals surface area contributed by atoms with Crippen LogP contribution in [0.25, 0.3) is 10.9 Å². The normalized spacial score (nSPS) is 20.8. The Balaban J connectivity index is 1.66. The Hall–Kier alpha value is -2.17. The van der Waals surface area contributed by atoms with Gasteiger partial charge in [-0.05, 0) is 44.3 Å². The average molecular weight is 365 g/mol. The fraction of sp³-hybridized carbons (Fsp3) is 0.391. The fourth-order valence-electron chi connectivity index (χ4n) is 4.58. The fourth-order valence-corrected chi connectivity index (χ4v) is 4.58. The average Bonchev–Trinajstić information content (AvgIpc) is 3.20. The van der Waals surface area contributed by atoms with Crippen molar-refractivity contribution in [1.82, 2.24) is 14.4 Å². The highest BCUT2D eigenvalue weighted by atomic mass is 19.1. The highest BCUT2D eigenvalue weighted by molar-refractivity contribution is 5.84. The first kappa shape index (κ1) is 18.2. The van der Waals surface area contributed by atoms with E-state index in [-0.39, 0.29) is 5.82 Å². The summed E-state index contributed by atoms with van der Waals surface area (Å²) in [5.41, 5.74) is 4.53. The second-order valence-corrected chi connectivity index (χ2v) is 8.08. The Kier molecular flexibility index (Phi) is 4.79. The van der Waals surface area contributed by atoms with E-state index in [1.165, 1.54) is 16.5 Å². The third-order valence-corrected chi connectivity index (χ3v) is 6.09. The summed E-state index contributed by atoms with van der Waals surface area (Å²) in [6.07, 6.45) is 2.28. The zero-order valence-electron chi connectivity index (χ0n) is 16.6. The molecule has 3 nitrogen and oxygen atoms in total. The van der Waals surface area contributed by atoms with E-state index in [0.29, 0.717) is 18.5 Å². The summed E-state index contributed by atoms with van der Waals surface area (Å²) >= 11 is 0. The molecule has 0 N–H and O–H groups in total. The van der Waals surface area contributed by atoms with Gasteiger partial charge in [0.05, 0.1) is 0 Å². The van der Waals surface area contributed by atoms with Crippen molar-refractivity contribution in [2.24, 2.45) is 7.05 Å². The van der Waals surface area contributed by atoms with Crippen molar-refractivity contribution in [3.05, 3.63) is 71.2 Å². The number of nitrogens with zero attached hydrogens (tertiary/aromatic N) is 3. The lowest BCUT2D eigenvalue weighted by Gasteiger charge is -2.25. The highest BCUT2D eigenvalue weighted by Gasteiger charge is 2.36. The van der Waals surface area contributed by atoms with Gasteiger partial charge in [-0.15, -0.1) is 0 Å². The summed E-state index contributed by atoms with van der Waals surface area (Å²) in [7, 11) is 6.42. The molecule has 0 unspecified atom stereocenters. The molecule has 2 aromatic carbocycles. The molecule has 142 valence electrons. The largest absolute Gasteiger partial charge is 0.350 e. The van der Waals surface area contributed by atoms with Crippen molar-refractivity contribution in [2.75, 3.05) is 27.2 Å². The predicted octanol–water partition coefficient (Wildman–Crippen LogP) is 4.16. The lowest BCUT2D eigenvalue weighted by atomic mass is 9.93. The molecule has 0 spiro atoms. The smallest absolute Gasteiger partial charge is 0.127 e. The molecule has 2 atom stereocenters. The number of halogens is 1. The van der Waals surface area contributed by atoms with Gasteiger partial charge in [0, 0.05) is 61.3 Å². The van der Waals surface area contributed by atoms with Crippen molar-refractivity contribution >= 4 is 10.9 Å². The van der Waals surface area contributed by atoms with Crippen molar-refractivity contribution in [2.45, 2.75) is 25.4 Å². The van der Waals surface area contributed by atoms with Crippen LogP contribution < -0.4 is 0 Å². The first-order valence-electron chi connectivity index (χ1n) is 9.62. The van der Waals surface area contributed by atoms with Crippen LogP contribution >= 0.6 is 0 Å². The molecule has 2 heterocycles. The van der Waals surface area contributed by atoms with E-state index in [1.807, 2.05) is 13.0 Å². The second-order valence-electron chi connectivity index (χ2n) is 8.08. The van der Waals surface area contributed by atoms with Crippen LogP contribution in [0.1, 0.15) is 22.6 Å². The maximum Gasteiger partial charge on any atom is 0.127 e. The van der Waals surface area contributed by atoms with Gasteiger partial charge in [0.2, 0.25) is 0 Å². The summed E-state index contributed by atoms with van der Waals surface area (Å²) in [6.45, 7) is 4.57. The topological polar surface area (TPSA) is 11.4 Å². The maximum absolute atomic E-state index is 14.4. The SMILES string of the molecule is Cc1cccc(F)c1CN1C[C@H](c2cn(C)c3ccccc23)[C@@H](N(C)C)C1. The number of aromatic nitrogens is 1. The molecule has 4 rings (SSSR count). The zero-order chi connectivity index (χ0) is 19.1. The Labute approximate surface area is 161 Å². The van der Waals surface area contributed by atoms with Gasteiger partial charge >= 0.3 is 0 Å². The van der Waals surface area contributed by atoms with Gasteiger partial charge in [-0.25, -0.2) is 4.39 Å². The van der Waals surface area contributed by atoms with Crippen molar-refractivity contribution < 1.29 is 4.39 Å². The second kappa shape index (κ2) is 7.10. The Morgan fingerprint density at radius 1 is 1.07 bits per heavy atom. The highest BCUT2D eigenvalue weighted by Crippen LogP contribution is 2.36. The van der Waals surface area contributed by atoms with E-state index in [0.717, 1.165) is 24.2 Å². The van der Waals surface area contributed by atoms with Gasteiger partial charge < -0.3 is 9.47 Å². The van der Waals surface area contributed by atoms with Crippen LogP contribution in [0, 0.1) is 12.7 Å². The van der Waals surface area contributed by atoms with Crippen LogP contribution in [-0.2, 0) is 13.6 Å². The molecule has 1 saturated heterocycles. The molecule has 0 aliphatic carbocycles. The van der Waals surface area contributed by atoms with E-state index >= 15 is 0 Å². The van der Waals surface area contributed by atoms with E-state index in [2.05, 4.69) is 66.0 Å². The lowest BCUT2D eigenvalue weighted by Crippen LogP contribution is -2.34. The third-order valence-electron chi connectivity index (χ3n) is 6.09. The first-order valence-corrected chi connectivity index (χ1v) is 9.62. The van der Waals surface area contributed by atoms with Crippen molar-refractivity contribution in [3.8, 4) is 0 Å². The zero-order valence-corrected chi connectivity index (χ0v) is 16.6. The number of para-hydroxylation sites is 1. The van der Waals surface area contributed by atoms with E-state index in [1.54, 1.807) is 12.1 Å². The molecule has 0 saturated carbocycles. The Morgan fingerprint density at radius 3 is 2.59 bits per heavy atom. The van der Waals surface area contributed by atoms with Gasteiger partial charge in [0.25, 0.3) is 0 Å². The number of rotatable bonds is 4. The molecule has 1 aromatic heterocycles. The number of fused-ring (bicyclic) bond motifs is 1. The summed E-state index contributed by atoms with van der Waals surface area (Å²) in [4.78, 5) is 4.73. The molecule has 27 heavy (non-hydrogen) atoms. The minimum Gasteiger partial charge on any atom is -0.350 e. The molecule has 1 fully saturated rings. The number of aryl methyl sites for hydroxylation is 2. The van der Waals surface area contributed by atoms with Crippen molar-refractivity contribution in [3.63, 3.8) is 0 Å². The number of hydrogen-bond donors (Lipinski definition) is 0. The molecule has 1 aliphatic heterocycles. The van der Waals surface area contributed by atoms with Crippen molar-refractivity contribution in [1.29, 1.82) is 0 Å². The van der Waals surface area contributed by atoms with Crippen LogP contribution in [0.3, 0.4) is 0 Å².